The molecule has 0 aliphatic heterocycles. The van der Waals surface area contributed by atoms with Gasteiger partial charge in [-0.3, -0.25) is 4.79 Å². The van der Waals surface area contributed by atoms with Gasteiger partial charge < -0.3 is 11.1 Å². The Bertz CT molecular complexity index is 717. The lowest BCUT2D eigenvalue weighted by Crippen LogP contribution is -2.27. The van der Waals surface area contributed by atoms with Crippen molar-refractivity contribution in [2.24, 2.45) is 0 Å². The molecule has 1 aliphatic rings. The monoisotopic (exact) mass is 364 g/mol. The van der Waals surface area contributed by atoms with Gasteiger partial charge >= 0.3 is 0 Å². The van der Waals surface area contributed by atoms with Crippen LogP contribution in [0.25, 0.3) is 0 Å². The van der Waals surface area contributed by atoms with Crippen molar-refractivity contribution in [2.45, 2.75) is 18.9 Å². The number of nitrogen functional groups attached to an aromatic ring is 1. The number of benzene rings is 2. The molecule has 2 aromatic rings. The van der Waals surface area contributed by atoms with Crippen molar-refractivity contribution in [1.29, 1.82) is 0 Å². The maximum atomic E-state index is 12.3. The number of fused-ring (bicyclic) bond motifs is 1. The predicted molar refractivity (Wildman–Crippen MR) is 88.5 cm³/mol. The highest BCUT2D eigenvalue weighted by atomic mass is 79.9. The third-order valence-electron chi connectivity index (χ3n) is 3.73. The van der Waals surface area contributed by atoms with Crippen LogP contribution in [-0.4, -0.2) is 5.91 Å². The molecule has 0 saturated heterocycles. The molecule has 5 heteroatoms. The normalized spacial score (nSPS) is 16.6. The number of amides is 1. The quantitative estimate of drug-likeness (QED) is 0.787. The molecular formula is C16H14BrClN2O. The molecule has 21 heavy (non-hydrogen) atoms. The topological polar surface area (TPSA) is 55.1 Å². The van der Waals surface area contributed by atoms with Crippen molar-refractivity contribution in [3.8, 4) is 0 Å². The molecule has 3 nitrogen and oxygen atoms in total. The molecule has 1 atom stereocenters. The van der Waals surface area contributed by atoms with Crippen LogP contribution in [0.1, 0.15) is 33.9 Å². The zero-order valence-electron chi connectivity index (χ0n) is 11.2. The van der Waals surface area contributed by atoms with E-state index in [4.69, 9.17) is 17.3 Å². The van der Waals surface area contributed by atoms with Gasteiger partial charge in [-0.25, -0.2) is 0 Å². The minimum absolute atomic E-state index is 0.0440. The molecule has 0 bridgehead atoms. The van der Waals surface area contributed by atoms with Crippen LogP contribution in [0.15, 0.2) is 40.9 Å². The second kappa shape index (κ2) is 5.70. The average molecular weight is 366 g/mol. The molecule has 1 amide bonds. The second-order valence-electron chi connectivity index (χ2n) is 5.15. The van der Waals surface area contributed by atoms with Crippen LogP contribution in [0.5, 0.6) is 0 Å². The fourth-order valence-electron chi connectivity index (χ4n) is 2.67. The summed E-state index contributed by atoms with van der Waals surface area (Å²) in [4.78, 5) is 12.3. The molecule has 0 spiro atoms. The first kappa shape index (κ1) is 14.4. The van der Waals surface area contributed by atoms with E-state index in [-0.39, 0.29) is 11.9 Å². The number of aryl methyl sites for hydroxylation is 1. The highest BCUT2D eigenvalue weighted by Crippen LogP contribution is 2.32. The Morgan fingerprint density at radius 2 is 2.10 bits per heavy atom. The number of halogens is 2. The van der Waals surface area contributed by atoms with Crippen LogP contribution in [0, 0.1) is 0 Å². The van der Waals surface area contributed by atoms with Crippen molar-refractivity contribution in [3.05, 3.63) is 62.6 Å². The zero-order valence-corrected chi connectivity index (χ0v) is 13.5. The molecule has 0 saturated carbocycles. The number of carbonyl (C=O) groups excluding carboxylic acids is 1. The Morgan fingerprint density at radius 3 is 2.86 bits per heavy atom. The summed E-state index contributed by atoms with van der Waals surface area (Å²) in [5.74, 6) is -0.0953. The van der Waals surface area contributed by atoms with E-state index in [1.165, 1.54) is 5.56 Å². The SMILES string of the molecule is Nc1ccc2c(c1)CCC2NC(=O)c1ccc(Cl)c(Br)c1. The summed E-state index contributed by atoms with van der Waals surface area (Å²) >= 11 is 9.28. The Hall–Kier alpha value is -1.52. The van der Waals surface area contributed by atoms with E-state index in [2.05, 4.69) is 21.2 Å². The smallest absolute Gasteiger partial charge is 0.251 e. The highest BCUT2D eigenvalue weighted by Gasteiger charge is 2.24. The minimum atomic E-state index is -0.0953. The number of hydrogen-bond donors (Lipinski definition) is 2. The molecule has 3 N–H and O–H groups in total. The molecule has 108 valence electrons. The fraction of sp³-hybridized carbons (Fsp3) is 0.188. The number of nitrogens with one attached hydrogen (secondary N) is 1. The van der Waals surface area contributed by atoms with E-state index in [0.29, 0.717) is 10.6 Å². The van der Waals surface area contributed by atoms with Gasteiger partial charge in [0.25, 0.3) is 5.91 Å². The van der Waals surface area contributed by atoms with Crippen LogP contribution in [-0.2, 0) is 6.42 Å². The second-order valence-corrected chi connectivity index (χ2v) is 6.41. The molecule has 1 unspecified atom stereocenters. The van der Waals surface area contributed by atoms with Crippen LogP contribution in [0.4, 0.5) is 5.69 Å². The number of carbonyl (C=O) groups is 1. The van der Waals surface area contributed by atoms with E-state index in [9.17, 15) is 4.79 Å². The summed E-state index contributed by atoms with van der Waals surface area (Å²) in [6, 6.07) is 11.1. The van der Waals surface area contributed by atoms with Crippen molar-refractivity contribution in [1.82, 2.24) is 5.32 Å². The van der Waals surface area contributed by atoms with Gasteiger partial charge in [0.15, 0.2) is 0 Å². The summed E-state index contributed by atoms with van der Waals surface area (Å²) in [6.07, 6.45) is 1.84. The van der Waals surface area contributed by atoms with Gasteiger partial charge in [-0.15, -0.1) is 0 Å². The summed E-state index contributed by atoms with van der Waals surface area (Å²) in [6.45, 7) is 0. The highest BCUT2D eigenvalue weighted by molar-refractivity contribution is 9.10. The molecular weight excluding hydrogens is 352 g/mol. The van der Waals surface area contributed by atoms with Gasteiger partial charge in [0.05, 0.1) is 11.1 Å². The molecule has 0 radical (unpaired) electrons. The molecule has 3 rings (SSSR count). The standard InChI is InChI=1S/C16H14BrClN2O/c17-13-8-10(1-5-14(13)18)16(21)20-15-6-2-9-7-11(19)3-4-12(9)15/h1,3-5,7-8,15H,2,6,19H2,(H,20,21). The first-order valence-corrected chi connectivity index (χ1v) is 7.86. The summed E-state index contributed by atoms with van der Waals surface area (Å²) in [5, 5.41) is 3.66. The van der Waals surface area contributed by atoms with Gasteiger partial charge in [0.1, 0.15) is 0 Å². The number of hydrogen-bond acceptors (Lipinski definition) is 2. The Balaban J connectivity index is 1.79. The molecule has 0 heterocycles. The van der Waals surface area contributed by atoms with Gasteiger partial charge in [-0.2, -0.15) is 0 Å². The van der Waals surface area contributed by atoms with E-state index < -0.39 is 0 Å². The van der Waals surface area contributed by atoms with Gasteiger partial charge in [0.2, 0.25) is 0 Å². The third-order valence-corrected chi connectivity index (χ3v) is 4.95. The first-order chi connectivity index (χ1) is 10.0. The number of nitrogens with two attached hydrogens (primary N) is 1. The number of rotatable bonds is 2. The summed E-state index contributed by atoms with van der Waals surface area (Å²) in [7, 11) is 0. The van der Waals surface area contributed by atoms with Gasteiger partial charge in [-0.05, 0) is 70.2 Å². The van der Waals surface area contributed by atoms with Gasteiger partial charge in [-0.1, -0.05) is 17.7 Å². The summed E-state index contributed by atoms with van der Waals surface area (Å²) in [5.41, 5.74) is 9.53. The third kappa shape index (κ3) is 2.92. The van der Waals surface area contributed by atoms with Crippen LogP contribution < -0.4 is 11.1 Å². The van der Waals surface area contributed by atoms with Crippen molar-refractivity contribution < 1.29 is 4.79 Å². The van der Waals surface area contributed by atoms with E-state index >= 15 is 0 Å². The maximum absolute atomic E-state index is 12.3. The molecule has 1 aliphatic carbocycles. The van der Waals surface area contributed by atoms with Crippen molar-refractivity contribution in [3.63, 3.8) is 0 Å². The van der Waals surface area contributed by atoms with Crippen molar-refractivity contribution >= 4 is 39.1 Å². The first-order valence-electron chi connectivity index (χ1n) is 6.69. The lowest BCUT2D eigenvalue weighted by molar-refractivity contribution is 0.0936. The van der Waals surface area contributed by atoms with Gasteiger partial charge in [0, 0.05) is 15.7 Å². The molecule has 0 fully saturated rings. The lowest BCUT2D eigenvalue weighted by atomic mass is 10.1. The van der Waals surface area contributed by atoms with E-state index in [1.54, 1.807) is 18.2 Å². The Morgan fingerprint density at radius 1 is 1.29 bits per heavy atom. The van der Waals surface area contributed by atoms with E-state index in [0.717, 1.165) is 28.6 Å². The Kier molecular flexibility index (Phi) is 3.91. The molecule has 0 aromatic heterocycles. The number of anilines is 1. The molecule has 2 aromatic carbocycles. The zero-order chi connectivity index (χ0) is 15.0. The van der Waals surface area contributed by atoms with Crippen LogP contribution in [0.3, 0.4) is 0 Å². The van der Waals surface area contributed by atoms with Crippen LogP contribution in [0.2, 0.25) is 5.02 Å². The predicted octanol–water partition coefficient (Wildman–Crippen LogP) is 4.10. The van der Waals surface area contributed by atoms with Crippen LogP contribution >= 0.6 is 27.5 Å². The maximum Gasteiger partial charge on any atom is 0.251 e. The minimum Gasteiger partial charge on any atom is -0.399 e. The van der Waals surface area contributed by atoms with E-state index in [1.807, 2.05) is 18.2 Å². The fourth-order valence-corrected chi connectivity index (χ4v) is 3.16. The largest absolute Gasteiger partial charge is 0.399 e. The van der Waals surface area contributed by atoms with Crippen molar-refractivity contribution in [2.75, 3.05) is 5.73 Å². The summed E-state index contributed by atoms with van der Waals surface area (Å²) < 4.78 is 0.719. The Labute approximate surface area is 136 Å². The average Bonchev–Trinajstić information content (AvgIpc) is 2.84. The lowest BCUT2D eigenvalue weighted by Gasteiger charge is -2.14.